The van der Waals surface area contributed by atoms with Crippen LogP contribution in [0.5, 0.6) is 5.75 Å². The van der Waals surface area contributed by atoms with E-state index in [0.717, 1.165) is 53.6 Å². The van der Waals surface area contributed by atoms with Crippen molar-refractivity contribution in [3.63, 3.8) is 0 Å². The van der Waals surface area contributed by atoms with E-state index in [1.807, 2.05) is 69.6 Å². The van der Waals surface area contributed by atoms with E-state index in [-0.39, 0.29) is 44.2 Å². The van der Waals surface area contributed by atoms with Crippen molar-refractivity contribution in [1.29, 1.82) is 0 Å². The molecule has 1 saturated carbocycles. The van der Waals surface area contributed by atoms with Gasteiger partial charge >= 0.3 is 0 Å². The van der Waals surface area contributed by atoms with Crippen LogP contribution in [0.15, 0.2) is 54.0 Å². The number of aliphatic hydroxyl groups excluding tert-OH is 1. The lowest BCUT2D eigenvalue weighted by Crippen LogP contribution is -2.58. The molecule has 6 rings (SSSR count). The van der Waals surface area contributed by atoms with Gasteiger partial charge in [0.25, 0.3) is 0 Å². The number of amides is 3. The number of thiazole rings is 1. The Kier molecular flexibility index (Phi) is 11.6. The number of likely N-dealkylation sites (tertiary alicyclic amines) is 1. The quantitative estimate of drug-likeness (QED) is 0.222. The average molecular weight is 719 g/mol. The monoisotopic (exact) mass is 718 g/mol. The van der Waals surface area contributed by atoms with Gasteiger partial charge in [-0.2, -0.15) is 0 Å². The first-order valence-electron chi connectivity index (χ1n) is 17.8. The Morgan fingerprint density at radius 2 is 1.73 bits per heavy atom. The maximum absolute atomic E-state index is 13.9. The third-order valence-electron chi connectivity index (χ3n) is 9.83. The molecular weight excluding hydrogens is 669 g/mol. The van der Waals surface area contributed by atoms with Crippen LogP contribution in [-0.4, -0.2) is 102 Å². The number of β-amino-alcohol motifs (C(OH)–C–C–N with tert-alkyl or cyclic N) is 1. The smallest absolute Gasteiger partial charge is 0.246 e. The molecule has 3 fully saturated rings. The highest BCUT2D eigenvalue weighted by molar-refractivity contribution is 7.13. The van der Waals surface area contributed by atoms with Crippen molar-refractivity contribution in [1.82, 2.24) is 25.8 Å². The fourth-order valence-corrected chi connectivity index (χ4v) is 7.59. The summed E-state index contributed by atoms with van der Waals surface area (Å²) in [5.41, 5.74) is 5.31. The zero-order chi connectivity index (χ0) is 36.1. The summed E-state index contributed by atoms with van der Waals surface area (Å²) in [4.78, 5) is 49.5. The second-order valence-electron chi connectivity index (χ2n) is 14.8. The largest absolute Gasteiger partial charge is 0.490 e. The standard InChI is InChI=1S/C38H50N6O6S/c1-24-34(51-23-41-24)26-7-5-25(6-8-26)20-40-36(47)32-17-28(45)21-44(32)37(48)35(38(2,3)4)42-33(46)22-49-30-18-31(19-30)50-29-11-9-27(10-12-29)43-15-13-39-14-16-43/h5-12,23,28,30-32,35,39,45H,13-22H2,1-4H3,(H,40,47)(H,42,46)/t28-,30-,31-,32+,35-/m1/s1. The summed E-state index contributed by atoms with van der Waals surface area (Å²) in [7, 11) is 0. The molecule has 3 atom stereocenters. The Bertz CT molecular complexity index is 1650. The van der Waals surface area contributed by atoms with Crippen molar-refractivity contribution in [3.8, 4) is 16.2 Å². The number of hydrogen-bond donors (Lipinski definition) is 4. The molecule has 1 aliphatic carbocycles. The number of aryl methyl sites for hydroxylation is 1. The summed E-state index contributed by atoms with van der Waals surface area (Å²) in [5.74, 6) is -0.343. The first-order valence-corrected chi connectivity index (χ1v) is 18.7. The van der Waals surface area contributed by atoms with Gasteiger partial charge in [-0.25, -0.2) is 4.98 Å². The molecule has 2 aliphatic heterocycles. The maximum Gasteiger partial charge on any atom is 0.246 e. The van der Waals surface area contributed by atoms with Crippen LogP contribution < -0.4 is 25.6 Å². The lowest BCUT2D eigenvalue weighted by atomic mass is 9.85. The fourth-order valence-electron chi connectivity index (χ4n) is 6.78. The van der Waals surface area contributed by atoms with E-state index in [1.54, 1.807) is 11.3 Å². The molecule has 0 unspecified atom stereocenters. The summed E-state index contributed by atoms with van der Waals surface area (Å²) in [6.07, 6.45) is 0.536. The van der Waals surface area contributed by atoms with E-state index < -0.39 is 35.4 Å². The van der Waals surface area contributed by atoms with Crippen molar-refractivity contribution in [3.05, 3.63) is 65.3 Å². The van der Waals surface area contributed by atoms with Gasteiger partial charge in [0.2, 0.25) is 17.7 Å². The number of anilines is 1. The second-order valence-corrected chi connectivity index (χ2v) is 15.7. The Morgan fingerprint density at radius 1 is 1.02 bits per heavy atom. The molecular formula is C38H50N6O6S. The Balaban J connectivity index is 0.962. The highest BCUT2D eigenvalue weighted by Crippen LogP contribution is 2.31. The lowest BCUT2D eigenvalue weighted by molar-refractivity contribution is -0.146. The van der Waals surface area contributed by atoms with Crippen LogP contribution in [-0.2, 0) is 25.7 Å². The Labute approximate surface area is 303 Å². The number of ether oxygens (including phenoxy) is 2. The number of carbonyl (C=O) groups is 3. The van der Waals surface area contributed by atoms with Gasteiger partial charge in [-0.3, -0.25) is 14.4 Å². The fraction of sp³-hybridized carbons (Fsp3) is 0.526. The highest BCUT2D eigenvalue weighted by Gasteiger charge is 2.44. The number of nitrogens with zero attached hydrogens (tertiary/aromatic N) is 3. The lowest BCUT2D eigenvalue weighted by Gasteiger charge is -2.36. The number of rotatable bonds is 12. The molecule has 2 saturated heterocycles. The second kappa shape index (κ2) is 16.1. The van der Waals surface area contributed by atoms with Gasteiger partial charge in [0.05, 0.1) is 28.3 Å². The molecule has 0 spiro atoms. The molecule has 3 amide bonds. The third kappa shape index (κ3) is 9.26. The average Bonchev–Trinajstić information content (AvgIpc) is 3.72. The number of carbonyl (C=O) groups excluding carboxylic acids is 3. The predicted molar refractivity (Wildman–Crippen MR) is 197 cm³/mol. The van der Waals surface area contributed by atoms with Crippen molar-refractivity contribution >= 4 is 34.7 Å². The minimum Gasteiger partial charge on any atom is -0.490 e. The number of nitrogens with one attached hydrogen (secondary N) is 3. The summed E-state index contributed by atoms with van der Waals surface area (Å²) in [6.45, 7) is 11.6. The normalized spacial score (nSPS) is 22.6. The van der Waals surface area contributed by atoms with Gasteiger partial charge in [0.1, 0.15) is 30.5 Å². The first-order chi connectivity index (χ1) is 24.4. The van der Waals surface area contributed by atoms with Crippen LogP contribution in [0.3, 0.4) is 0 Å². The minimum absolute atomic E-state index is 0.0146. The molecule has 4 N–H and O–H groups in total. The molecule has 3 aliphatic rings. The van der Waals surface area contributed by atoms with Gasteiger partial charge in [0, 0.05) is 64.2 Å². The molecule has 0 radical (unpaired) electrons. The number of aromatic nitrogens is 1. The SMILES string of the molecule is Cc1ncsc1-c1ccc(CNC(=O)[C@@H]2C[C@@H](O)CN2C(=O)[C@@H](NC(=O)CO[C@H]2C[C@H](Oc3ccc(N4CCNCC4)cc3)C2)C(C)(C)C)cc1. The molecule has 2 aromatic carbocycles. The summed E-state index contributed by atoms with van der Waals surface area (Å²) >= 11 is 1.58. The number of aliphatic hydroxyl groups is 1. The van der Waals surface area contributed by atoms with Crippen molar-refractivity contribution < 1.29 is 29.0 Å². The van der Waals surface area contributed by atoms with Gasteiger partial charge in [-0.1, -0.05) is 45.0 Å². The van der Waals surface area contributed by atoms with Gasteiger partial charge in [-0.15, -0.1) is 11.3 Å². The van der Waals surface area contributed by atoms with E-state index in [4.69, 9.17) is 9.47 Å². The van der Waals surface area contributed by atoms with E-state index in [0.29, 0.717) is 12.8 Å². The molecule has 13 heteroatoms. The van der Waals surface area contributed by atoms with Gasteiger partial charge in [0.15, 0.2) is 0 Å². The van der Waals surface area contributed by atoms with Crippen molar-refractivity contribution in [2.75, 3.05) is 44.2 Å². The van der Waals surface area contributed by atoms with Crippen molar-refractivity contribution in [2.24, 2.45) is 5.41 Å². The van der Waals surface area contributed by atoms with Crippen LogP contribution in [0.25, 0.3) is 10.4 Å². The molecule has 274 valence electrons. The molecule has 3 aromatic rings. The summed E-state index contributed by atoms with van der Waals surface area (Å²) in [5, 5.41) is 19.7. The van der Waals surface area contributed by atoms with Gasteiger partial charge in [-0.05, 0) is 47.7 Å². The van der Waals surface area contributed by atoms with E-state index >= 15 is 0 Å². The van der Waals surface area contributed by atoms with Crippen LogP contribution >= 0.6 is 11.3 Å². The molecule has 1 aromatic heterocycles. The van der Waals surface area contributed by atoms with E-state index in [9.17, 15) is 19.5 Å². The van der Waals surface area contributed by atoms with Gasteiger partial charge < -0.3 is 40.3 Å². The Hall–Kier alpha value is -4.04. The zero-order valence-corrected chi connectivity index (χ0v) is 30.7. The Morgan fingerprint density at radius 3 is 2.37 bits per heavy atom. The first kappa shape index (κ1) is 36.7. The predicted octanol–water partition coefficient (Wildman–Crippen LogP) is 3.26. The highest BCUT2D eigenvalue weighted by atomic mass is 32.1. The summed E-state index contributed by atoms with van der Waals surface area (Å²) < 4.78 is 12.0. The van der Waals surface area contributed by atoms with Crippen LogP contribution in [0.1, 0.15) is 51.3 Å². The van der Waals surface area contributed by atoms with E-state index in [1.165, 1.54) is 10.6 Å². The van der Waals surface area contributed by atoms with Crippen LogP contribution in [0, 0.1) is 12.3 Å². The number of piperazine rings is 1. The third-order valence-corrected chi connectivity index (χ3v) is 10.8. The summed E-state index contributed by atoms with van der Waals surface area (Å²) in [6, 6.07) is 14.3. The molecule has 12 nitrogen and oxygen atoms in total. The topological polar surface area (TPSA) is 145 Å². The molecule has 3 heterocycles. The zero-order valence-electron chi connectivity index (χ0n) is 29.9. The maximum atomic E-state index is 13.9. The van der Waals surface area contributed by atoms with E-state index in [2.05, 4.69) is 38.0 Å². The molecule has 51 heavy (non-hydrogen) atoms. The van der Waals surface area contributed by atoms with Crippen LogP contribution in [0.4, 0.5) is 5.69 Å². The molecule has 0 bridgehead atoms. The van der Waals surface area contributed by atoms with Crippen molar-refractivity contribution in [2.45, 2.75) is 83.9 Å². The number of hydrogen-bond acceptors (Lipinski definition) is 10. The number of benzene rings is 2. The minimum atomic E-state index is -0.918. The van der Waals surface area contributed by atoms with Crippen LogP contribution in [0.2, 0.25) is 0 Å².